The summed E-state index contributed by atoms with van der Waals surface area (Å²) in [5.74, 6) is 0.886. The van der Waals surface area contributed by atoms with E-state index in [0.29, 0.717) is 6.54 Å². The summed E-state index contributed by atoms with van der Waals surface area (Å²) >= 11 is 1.48. The zero-order valence-electron chi connectivity index (χ0n) is 17.8. The summed E-state index contributed by atoms with van der Waals surface area (Å²) in [5, 5.41) is 6.80. The molecule has 1 aliphatic rings. The van der Waals surface area contributed by atoms with E-state index in [0.717, 1.165) is 55.8 Å². The van der Waals surface area contributed by atoms with Gasteiger partial charge in [0, 0.05) is 62.9 Å². The minimum Gasteiger partial charge on any atom is -0.344 e. The van der Waals surface area contributed by atoms with Gasteiger partial charge in [0.15, 0.2) is 0 Å². The predicted molar refractivity (Wildman–Crippen MR) is 126 cm³/mol. The van der Waals surface area contributed by atoms with Crippen molar-refractivity contribution in [3.63, 3.8) is 0 Å². The fourth-order valence-corrected chi connectivity index (χ4v) is 4.26. The quantitative estimate of drug-likeness (QED) is 0.594. The van der Waals surface area contributed by atoms with Gasteiger partial charge in [0.05, 0.1) is 0 Å². The summed E-state index contributed by atoms with van der Waals surface area (Å²) in [6, 6.07) is 17.9. The maximum absolute atomic E-state index is 12.0. The first-order valence-corrected chi connectivity index (χ1v) is 11.4. The number of aryl methyl sites for hydroxylation is 1. The Balaban J connectivity index is 1.16. The molecule has 2 amide bonds. The molecule has 8 heteroatoms. The highest BCUT2D eigenvalue weighted by Gasteiger charge is 2.20. The number of carbonyl (C=O) groups is 1. The second-order valence-electron chi connectivity index (χ2n) is 7.73. The third-order valence-corrected chi connectivity index (χ3v) is 6.14. The molecule has 1 aromatic heterocycles. The highest BCUT2D eigenvalue weighted by Crippen LogP contribution is 2.20. The molecule has 4 rings (SSSR count). The van der Waals surface area contributed by atoms with Crippen molar-refractivity contribution in [1.29, 1.82) is 0 Å². The second-order valence-corrected chi connectivity index (χ2v) is 8.46. The molecular weight excluding hydrogens is 408 g/mol. The van der Waals surface area contributed by atoms with Gasteiger partial charge in [-0.3, -0.25) is 4.90 Å². The highest BCUT2D eigenvalue weighted by molar-refractivity contribution is 7.09. The Labute approximate surface area is 187 Å². The van der Waals surface area contributed by atoms with Gasteiger partial charge in [0.2, 0.25) is 5.13 Å². The van der Waals surface area contributed by atoms with E-state index in [-0.39, 0.29) is 6.03 Å². The Morgan fingerprint density at radius 2 is 1.77 bits per heavy atom. The van der Waals surface area contributed by atoms with Gasteiger partial charge in [0.1, 0.15) is 5.82 Å². The first kappa shape index (κ1) is 21.3. The van der Waals surface area contributed by atoms with Crippen molar-refractivity contribution >= 4 is 28.4 Å². The van der Waals surface area contributed by atoms with Crippen molar-refractivity contribution < 1.29 is 4.79 Å². The van der Waals surface area contributed by atoms with E-state index < -0.39 is 0 Å². The molecule has 31 heavy (non-hydrogen) atoms. The monoisotopic (exact) mass is 436 g/mol. The van der Waals surface area contributed by atoms with Crippen molar-refractivity contribution in [2.24, 2.45) is 0 Å². The predicted octanol–water partition coefficient (Wildman–Crippen LogP) is 3.38. The maximum Gasteiger partial charge on any atom is 0.319 e. The molecular formula is C23H28N6OS. The van der Waals surface area contributed by atoms with Crippen LogP contribution in [0.3, 0.4) is 0 Å². The van der Waals surface area contributed by atoms with E-state index in [4.69, 9.17) is 4.98 Å². The first-order valence-electron chi connectivity index (χ1n) is 10.6. The molecule has 1 fully saturated rings. The molecule has 2 heterocycles. The van der Waals surface area contributed by atoms with Crippen LogP contribution in [0, 0.1) is 6.92 Å². The summed E-state index contributed by atoms with van der Waals surface area (Å²) in [6.07, 6.45) is 0.771. The average Bonchev–Trinajstić information content (AvgIpc) is 3.25. The number of hydrogen-bond donors (Lipinski definition) is 2. The van der Waals surface area contributed by atoms with Gasteiger partial charge < -0.3 is 15.5 Å². The third-order valence-electron chi connectivity index (χ3n) is 5.33. The number of benzene rings is 2. The summed E-state index contributed by atoms with van der Waals surface area (Å²) in [4.78, 5) is 21.5. The first-order chi connectivity index (χ1) is 15.2. The molecule has 1 aliphatic heterocycles. The molecule has 0 saturated carbocycles. The standard InChI is InChI=1S/C23H28N6OS/c1-18-7-9-20(10-8-18)25-22(30)24-11-12-28-13-15-29(16-14-28)23-26-21(27-31-23)17-19-5-3-2-4-6-19/h2-10H,11-17H2,1H3,(H2,24,25,30). The molecule has 0 bridgehead atoms. The fourth-order valence-electron chi connectivity index (χ4n) is 3.53. The number of nitrogens with zero attached hydrogens (tertiary/aromatic N) is 4. The number of aromatic nitrogens is 2. The molecule has 0 aliphatic carbocycles. The number of amides is 2. The Morgan fingerprint density at radius 3 is 2.52 bits per heavy atom. The van der Waals surface area contributed by atoms with Crippen LogP contribution in [0.25, 0.3) is 0 Å². The Kier molecular flexibility index (Phi) is 7.11. The van der Waals surface area contributed by atoms with Crippen LogP contribution in [0.2, 0.25) is 0 Å². The number of carbonyl (C=O) groups excluding carboxylic acids is 1. The van der Waals surface area contributed by atoms with Crippen molar-refractivity contribution in [1.82, 2.24) is 19.6 Å². The van der Waals surface area contributed by atoms with Gasteiger partial charge in [-0.1, -0.05) is 48.0 Å². The van der Waals surface area contributed by atoms with Crippen LogP contribution in [0.15, 0.2) is 54.6 Å². The normalized spacial score (nSPS) is 14.4. The minimum absolute atomic E-state index is 0.165. The number of rotatable bonds is 7. The van der Waals surface area contributed by atoms with E-state index in [1.54, 1.807) is 0 Å². The second kappa shape index (κ2) is 10.4. The van der Waals surface area contributed by atoms with Gasteiger partial charge >= 0.3 is 6.03 Å². The smallest absolute Gasteiger partial charge is 0.319 e. The molecule has 2 N–H and O–H groups in total. The zero-order valence-corrected chi connectivity index (χ0v) is 18.6. The Hall–Kier alpha value is -2.97. The van der Waals surface area contributed by atoms with Gasteiger partial charge in [-0.2, -0.15) is 4.37 Å². The fraction of sp³-hybridized carbons (Fsp3) is 0.348. The van der Waals surface area contributed by atoms with Crippen LogP contribution < -0.4 is 15.5 Å². The van der Waals surface area contributed by atoms with E-state index in [1.807, 2.05) is 49.4 Å². The van der Waals surface area contributed by atoms with E-state index >= 15 is 0 Å². The van der Waals surface area contributed by atoms with Crippen molar-refractivity contribution in [2.75, 3.05) is 49.5 Å². The maximum atomic E-state index is 12.0. The number of piperazine rings is 1. The molecule has 0 spiro atoms. The summed E-state index contributed by atoms with van der Waals surface area (Å²) < 4.78 is 4.53. The lowest BCUT2D eigenvalue weighted by Crippen LogP contribution is -2.48. The Bertz CT molecular complexity index is 967. The SMILES string of the molecule is Cc1ccc(NC(=O)NCCN2CCN(c3nc(Cc4ccccc4)ns3)CC2)cc1. The summed E-state index contributed by atoms with van der Waals surface area (Å²) in [5.41, 5.74) is 3.21. The average molecular weight is 437 g/mol. The summed E-state index contributed by atoms with van der Waals surface area (Å²) in [6.45, 7) is 7.25. The molecule has 3 aromatic rings. The van der Waals surface area contributed by atoms with Gasteiger partial charge in [-0.05, 0) is 24.6 Å². The van der Waals surface area contributed by atoms with Gasteiger partial charge in [-0.15, -0.1) is 0 Å². The minimum atomic E-state index is -0.165. The molecule has 1 saturated heterocycles. The molecule has 0 unspecified atom stereocenters. The number of anilines is 2. The van der Waals surface area contributed by atoms with Gasteiger partial charge in [0.25, 0.3) is 0 Å². The van der Waals surface area contributed by atoms with Crippen molar-refractivity contribution in [2.45, 2.75) is 13.3 Å². The molecule has 2 aromatic carbocycles. The van der Waals surface area contributed by atoms with Crippen LogP contribution >= 0.6 is 11.5 Å². The third kappa shape index (κ3) is 6.26. The number of hydrogen-bond acceptors (Lipinski definition) is 6. The van der Waals surface area contributed by atoms with Crippen LogP contribution in [-0.4, -0.2) is 59.6 Å². The lowest BCUT2D eigenvalue weighted by molar-refractivity contribution is 0.240. The summed E-state index contributed by atoms with van der Waals surface area (Å²) in [7, 11) is 0. The Morgan fingerprint density at radius 1 is 1.03 bits per heavy atom. The van der Waals surface area contributed by atoms with Crippen molar-refractivity contribution in [3.8, 4) is 0 Å². The van der Waals surface area contributed by atoms with E-state index in [1.165, 1.54) is 22.7 Å². The molecule has 162 valence electrons. The van der Waals surface area contributed by atoms with E-state index in [9.17, 15) is 4.79 Å². The number of urea groups is 1. The lowest BCUT2D eigenvalue weighted by Gasteiger charge is -2.34. The molecule has 0 radical (unpaired) electrons. The van der Waals surface area contributed by atoms with E-state index in [2.05, 4.69) is 36.9 Å². The van der Waals surface area contributed by atoms with Crippen molar-refractivity contribution in [3.05, 3.63) is 71.5 Å². The zero-order chi connectivity index (χ0) is 21.5. The molecule has 7 nitrogen and oxygen atoms in total. The van der Waals surface area contributed by atoms with Crippen LogP contribution in [0.1, 0.15) is 17.0 Å². The van der Waals surface area contributed by atoms with Crippen LogP contribution in [0.4, 0.5) is 15.6 Å². The van der Waals surface area contributed by atoms with Gasteiger partial charge in [-0.25, -0.2) is 9.78 Å². The highest BCUT2D eigenvalue weighted by atomic mass is 32.1. The number of nitrogens with one attached hydrogen (secondary N) is 2. The molecule has 0 atom stereocenters. The van der Waals surface area contributed by atoms with Crippen LogP contribution in [0.5, 0.6) is 0 Å². The van der Waals surface area contributed by atoms with Crippen LogP contribution in [-0.2, 0) is 6.42 Å². The largest absolute Gasteiger partial charge is 0.344 e. The topological polar surface area (TPSA) is 73.4 Å². The lowest BCUT2D eigenvalue weighted by atomic mass is 10.1.